The van der Waals surface area contributed by atoms with Crippen molar-refractivity contribution in [3.05, 3.63) is 0 Å². The number of hydrogen-bond donors (Lipinski definition) is 1. The van der Waals surface area contributed by atoms with Crippen LogP contribution in [0.4, 0.5) is 0 Å². The van der Waals surface area contributed by atoms with Crippen LogP contribution in [0, 0.1) is 11.8 Å². The van der Waals surface area contributed by atoms with Gasteiger partial charge in [-0.05, 0) is 37.5 Å². The molecule has 2 aliphatic carbocycles. The van der Waals surface area contributed by atoms with Crippen LogP contribution in [0.1, 0.15) is 32.1 Å². The smallest absolute Gasteiger partial charge is 0.218 e. The van der Waals surface area contributed by atoms with Gasteiger partial charge in [0.2, 0.25) is 5.91 Å². The van der Waals surface area contributed by atoms with E-state index in [9.17, 15) is 4.79 Å². The van der Waals surface area contributed by atoms with Crippen LogP contribution in [0.3, 0.4) is 0 Å². The number of amides is 1. The van der Waals surface area contributed by atoms with Gasteiger partial charge >= 0.3 is 0 Å². The van der Waals surface area contributed by atoms with Crippen molar-refractivity contribution >= 4 is 5.91 Å². The van der Waals surface area contributed by atoms with E-state index in [1.54, 1.807) is 0 Å². The largest absolute Gasteiger partial charge is 0.370 e. The first-order valence-corrected chi connectivity index (χ1v) is 5.74. The second-order valence-electron chi connectivity index (χ2n) is 4.86. The second-order valence-corrected chi connectivity index (χ2v) is 4.86. The van der Waals surface area contributed by atoms with E-state index < -0.39 is 0 Å². The van der Waals surface area contributed by atoms with E-state index in [0.717, 1.165) is 18.4 Å². The highest BCUT2D eigenvalue weighted by Gasteiger charge is 2.28. The lowest BCUT2D eigenvalue weighted by Crippen LogP contribution is -2.31. The molecule has 2 fully saturated rings. The molecule has 0 spiro atoms. The fourth-order valence-corrected chi connectivity index (χ4v) is 1.86. The van der Waals surface area contributed by atoms with Crippen molar-refractivity contribution in [2.75, 3.05) is 19.6 Å². The lowest BCUT2D eigenvalue weighted by Gasteiger charge is -2.21. The summed E-state index contributed by atoms with van der Waals surface area (Å²) in [7, 11) is 0. The molecule has 0 radical (unpaired) electrons. The predicted octanol–water partition coefficient (Wildman–Crippen LogP) is 0.984. The number of carbonyl (C=O) groups excluding carboxylic acids is 1. The molecular weight excluding hydrogens is 176 g/mol. The van der Waals surface area contributed by atoms with Gasteiger partial charge in [-0.15, -0.1) is 0 Å². The molecule has 0 aromatic carbocycles. The zero-order valence-corrected chi connectivity index (χ0v) is 8.74. The van der Waals surface area contributed by atoms with E-state index in [0.29, 0.717) is 6.42 Å². The molecule has 0 aromatic heterocycles. The zero-order valence-electron chi connectivity index (χ0n) is 8.74. The Hall–Kier alpha value is -0.570. The van der Waals surface area contributed by atoms with Gasteiger partial charge in [0.1, 0.15) is 0 Å². The Morgan fingerprint density at radius 1 is 1.14 bits per heavy atom. The summed E-state index contributed by atoms with van der Waals surface area (Å²) < 4.78 is 0. The number of rotatable bonds is 7. The third-order valence-corrected chi connectivity index (χ3v) is 3.10. The van der Waals surface area contributed by atoms with E-state index in [1.165, 1.54) is 38.8 Å². The maximum atomic E-state index is 10.7. The maximum absolute atomic E-state index is 10.7. The topological polar surface area (TPSA) is 46.3 Å². The third kappa shape index (κ3) is 3.66. The third-order valence-electron chi connectivity index (χ3n) is 3.10. The highest BCUT2D eigenvalue weighted by molar-refractivity contribution is 5.73. The van der Waals surface area contributed by atoms with Gasteiger partial charge in [-0.1, -0.05) is 0 Å². The molecule has 0 unspecified atom stereocenters. The molecule has 3 nitrogen and oxygen atoms in total. The van der Waals surface area contributed by atoms with E-state index in [4.69, 9.17) is 5.73 Å². The van der Waals surface area contributed by atoms with Gasteiger partial charge in [0, 0.05) is 26.1 Å². The first-order valence-electron chi connectivity index (χ1n) is 5.74. The van der Waals surface area contributed by atoms with E-state index in [1.807, 2.05) is 0 Å². The predicted molar refractivity (Wildman–Crippen MR) is 55.7 cm³/mol. The van der Waals surface area contributed by atoms with E-state index in [-0.39, 0.29) is 5.91 Å². The fourth-order valence-electron chi connectivity index (χ4n) is 1.86. The molecule has 14 heavy (non-hydrogen) atoms. The minimum atomic E-state index is -0.165. The van der Waals surface area contributed by atoms with Crippen molar-refractivity contribution in [2.45, 2.75) is 32.1 Å². The van der Waals surface area contributed by atoms with Crippen molar-refractivity contribution < 1.29 is 4.79 Å². The molecule has 0 saturated heterocycles. The van der Waals surface area contributed by atoms with Gasteiger partial charge in [-0.25, -0.2) is 0 Å². The SMILES string of the molecule is NC(=O)CCN(CC1CC1)CC1CC1. The van der Waals surface area contributed by atoms with Gasteiger partial charge in [-0.2, -0.15) is 0 Å². The summed E-state index contributed by atoms with van der Waals surface area (Å²) in [6, 6.07) is 0. The summed E-state index contributed by atoms with van der Waals surface area (Å²) in [5.41, 5.74) is 5.17. The number of carbonyl (C=O) groups is 1. The molecule has 1 amide bonds. The van der Waals surface area contributed by atoms with Crippen molar-refractivity contribution in [3.63, 3.8) is 0 Å². The average molecular weight is 196 g/mol. The van der Waals surface area contributed by atoms with Crippen molar-refractivity contribution in [2.24, 2.45) is 17.6 Å². The summed E-state index contributed by atoms with van der Waals surface area (Å²) >= 11 is 0. The van der Waals surface area contributed by atoms with Crippen LogP contribution in [-0.2, 0) is 4.79 Å². The second kappa shape index (κ2) is 4.30. The lowest BCUT2D eigenvalue weighted by atomic mass is 10.3. The standard InChI is InChI=1S/C11H20N2O/c12-11(14)5-6-13(7-9-1-2-9)8-10-3-4-10/h9-10H,1-8H2,(H2,12,14). The monoisotopic (exact) mass is 196 g/mol. The normalized spacial score (nSPS) is 21.5. The van der Waals surface area contributed by atoms with Gasteiger partial charge in [0.25, 0.3) is 0 Å². The van der Waals surface area contributed by atoms with Gasteiger partial charge < -0.3 is 10.6 Å². The van der Waals surface area contributed by atoms with Crippen molar-refractivity contribution in [1.82, 2.24) is 4.90 Å². The molecular formula is C11H20N2O. The Morgan fingerprint density at radius 3 is 2.00 bits per heavy atom. The Labute approximate surface area is 85.6 Å². The summed E-state index contributed by atoms with van der Waals surface area (Å²) in [5.74, 6) is 1.67. The van der Waals surface area contributed by atoms with Gasteiger partial charge in [0.15, 0.2) is 0 Å². The van der Waals surface area contributed by atoms with Crippen molar-refractivity contribution in [3.8, 4) is 0 Å². The highest BCUT2D eigenvalue weighted by atomic mass is 16.1. The molecule has 0 aromatic rings. The Kier molecular flexibility index (Phi) is 3.06. The molecule has 2 saturated carbocycles. The van der Waals surface area contributed by atoms with Crippen LogP contribution >= 0.6 is 0 Å². The van der Waals surface area contributed by atoms with Crippen LogP contribution in [0.2, 0.25) is 0 Å². The first-order chi connectivity index (χ1) is 6.74. The fraction of sp³-hybridized carbons (Fsp3) is 0.909. The van der Waals surface area contributed by atoms with Gasteiger partial charge in [0.05, 0.1) is 0 Å². The molecule has 80 valence electrons. The Balaban J connectivity index is 1.68. The molecule has 0 aliphatic heterocycles. The van der Waals surface area contributed by atoms with Crippen LogP contribution in [0.15, 0.2) is 0 Å². The first kappa shape index (κ1) is 9.97. The molecule has 2 N–H and O–H groups in total. The molecule has 2 rings (SSSR count). The van der Waals surface area contributed by atoms with E-state index in [2.05, 4.69) is 4.90 Å². The summed E-state index contributed by atoms with van der Waals surface area (Å²) in [4.78, 5) is 13.1. The van der Waals surface area contributed by atoms with E-state index >= 15 is 0 Å². The maximum Gasteiger partial charge on any atom is 0.218 e. The minimum absolute atomic E-state index is 0.165. The van der Waals surface area contributed by atoms with Crippen LogP contribution in [-0.4, -0.2) is 30.4 Å². The Bertz CT molecular complexity index is 195. The molecule has 0 bridgehead atoms. The number of primary amides is 1. The molecule has 3 heteroatoms. The molecule has 2 aliphatic rings. The Morgan fingerprint density at radius 2 is 1.64 bits per heavy atom. The quantitative estimate of drug-likeness (QED) is 0.660. The minimum Gasteiger partial charge on any atom is -0.370 e. The van der Waals surface area contributed by atoms with Crippen LogP contribution in [0.25, 0.3) is 0 Å². The van der Waals surface area contributed by atoms with Crippen LogP contribution < -0.4 is 5.73 Å². The average Bonchev–Trinajstić information content (AvgIpc) is 2.93. The van der Waals surface area contributed by atoms with Gasteiger partial charge in [-0.3, -0.25) is 4.79 Å². The molecule has 0 heterocycles. The number of nitrogens with zero attached hydrogens (tertiary/aromatic N) is 1. The lowest BCUT2D eigenvalue weighted by molar-refractivity contribution is -0.118. The van der Waals surface area contributed by atoms with Crippen LogP contribution in [0.5, 0.6) is 0 Å². The number of hydrogen-bond acceptors (Lipinski definition) is 2. The summed E-state index contributed by atoms with van der Waals surface area (Å²) in [6.45, 7) is 3.27. The highest BCUT2D eigenvalue weighted by Crippen LogP contribution is 2.33. The van der Waals surface area contributed by atoms with Crippen molar-refractivity contribution in [1.29, 1.82) is 0 Å². The summed E-state index contributed by atoms with van der Waals surface area (Å²) in [5, 5.41) is 0. The zero-order chi connectivity index (χ0) is 9.97. The molecule has 0 atom stereocenters. The number of nitrogens with two attached hydrogens (primary N) is 1. The summed E-state index contributed by atoms with van der Waals surface area (Å²) in [6.07, 6.45) is 6.07.